The first kappa shape index (κ1) is 11.3. The molecule has 3 heteroatoms. The Hall–Kier alpha value is 0.790. The van der Waals surface area contributed by atoms with Gasteiger partial charge >= 0.3 is 0 Å². The molecular weight excluding hydrogens is 228 g/mol. The summed E-state index contributed by atoms with van der Waals surface area (Å²) in [6.45, 7) is 9.58. The van der Waals surface area contributed by atoms with E-state index in [4.69, 9.17) is 12.2 Å². The van der Waals surface area contributed by atoms with Gasteiger partial charge in [-0.15, -0.1) is 0 Å². The van der Waals surface area contributed by atoms with Crippen molar-refractivity contribution in [2.45, 2.75) is 51.7 Å². The van der Waals surface area contributed by atoms with Gasteiger partial charge in [0.15, 0.2) is 0 Å². The van der Waals surface area contributed by atoms with E-state index in [9.17, 15) is 0 Å². The van der Waals surface area contributed by atoms with Gasteiger partial charge in [0.25, 0.3) is 0 Å². The molecule has 80 valence electrons. The minimum absolute atomic E-state index is 0.262. The van der Waals surface area contributed by atoms with Crippen LogP contribution in [0.25, 0.3) is 0 Å². The fraction of sp³-hybridized carbons (Fsp3) is 0.909. The van der Waals surface area contributed by atoms with Crippen molar-refractivity contribution in [1.29, 1.82) is 0 Å². The Labute approximate surface area is 100 Å². The van der Waals surface area contributed by atoms with Crippen LogP contribution in [-0.2, 0) is 0 Å². The van der Waals surface area contributed by atoms with E-state index in [0.717, 1.165) is 0 Å². The van der Waals surface area contributed by atoms with E-state index < -0.39 is 0 Å². The second kappa shape index (κ2) is 3.14. The first-order chi connectivity index (χ1) is 6.33. The molecule has 1 saturated heterocycles. The first-order valence-electron chi connectivity index (χ1n) is 5.24. The summed E-state index contributed by atoms with van der Waals surface area (Å²) in [5.74, 6) is 0. The Morgan fingerprint density at radius 3 is 1.79 bits per heavy atom. The van der Waals surface area contributed by atoms with Crippen LogP contribution >= 0.6 is 33.8 Å². The van der Waals surface area contributed by atoms with Gasteiger partial charge in [-0.05, 0) is 34.5 Å². The summed E-state index contributed by atoms with van der Waals surface area (Å²) in [6.07, 6.45) is 4.00. The summed E-state index contributed by atoms with van der Waals surface area (Å²) in [7, 11) is 3.84. The first-order valence-corrected chi connectivity index (χ1v) is 7.79. The molecule has 2 rings (SSSR count). The Morgan fingerprint density at radius 2 is 1.57 bits per heavy atom. The Morgan fingerprint density at radius 1 is 1.07 bits per heavy atom. The molecule has 1 aliphatic carbocycles. The molecule has 0 nitrogen and oxygen atoms in total. The molecule has 0 amide bonds. The summed E-state index contributed by atoms with van der Waals surface area (Å²) in [5.41, 5.74) is 0.753. The average molecular weight is 246 g/mol. The smallest absolute Gasteiger partial charge is 0.0748 e. The number of hydrogen-bond donors (Lipinski definition) is 0. The lowest BCUT2D eigenvalue weighted by Crippen LogP contribution is -2.62. The number of thiocarbonyl (C=S) groups is 1. The Bertz CT molecular complexity index is 262. The maximum Gasteiger partial charge on any atom is 0.0786 e. The van der Waals surface area contributed by atoms with Gasteiger partial charge in [-0.1, -0.05) is 57.1 Å². The summed E-state index contributed by atoms with van der Waals surface area (Å²) >= 11 is 5.56. The highest BCUT2D eigenvalue weighted by Crippen LogP contribution is 2.72. The third-order valence-corrected chi connectivity index (χ3v) is 8.77. The van der Waals surface area contributed by atoms with Crippen LogP contribution in [0.3, 0.4) is 0 Å². The highest BCUT2D eigenvalue weighted by Gasteiger charge is 2.64. The molecule has 0 N–H and O–H groups in total. The van der Waals surface area contributed by atoms with Crippen molar-refractivity contribution >= 4 is 38.0 Å². The van der Waals surface area contributed by atoms with Gasteiger partial charge in [-0.25, -0.2) is 0 Å². The summed E-state index contributed by atoms with van der Waals surface area (Å²) in [6, 6.07) is 0. The molecule has 0 bridgehead atoms. The van der Waals surface area contributed by atoms with Crippen LogP contribution in [0.5, 0.6) is 0 Å². The zero-order valence-corrected chi connectivity index (χ0v) is 11.8. The summed E-state index contributed by atoms with van der Waals surface area (Å²) in [5, 5.41) is 0. The molecule has 1 heterocycles. The fourth-order valence-electron chi connectivity index (χ4n) is 3.18. The molecule has 2 fully saturated rings. The molecule has 14 heavy (non-hydrogen) atoms. The second-order valence-corrected chi connectivity index (χ2v) is 8.78. The molecule has 1 aliphatic heterocycles. The van der Waals surface area contributed by atoms with Gasteiger partial charge < -0.3 is 0 Å². The van der Waals surface area contributed by atoms with Crippen LogP contribution in [0.4, 0.5) is 0 Å². The predicted molar refractivity (Wildman–Crippen MR) is 71.9 cm³/mol. The molecule has 0 unspecified atom stereocenters. The third kappa shape index (κ3) is 1.18. The SMILES string of the molecule is CC1(C)CCCC(C)(C)C12SSC2=S. The Kier molecular flexibility index (Phi) is 2.53. The minimum Gasteiger partial charge on any atom is -0.0748 e. The molecular formula is C11H18S3. The average Bonchev–Trinajstić information content (AvgIpc) is 1.98. The fourth-order valence-corrected chi connectivity index (χ4v) is 8.18. The highest BCUT2D eigenvalue weighted by atomic mass is 33.1. The minimum atomic E-state index is 0.262. The van der Waals surface area contributed by atoms with Gasteiger partial charge in [0, 0.05) is 0 Å². The Balaban J connectivity index is 2.45. The van der Waals surface area contributed by atoms with Crippen molar-refractivity contribution in [1.82, 2.24) is 0 Å². The lowest BCUT2D eigenvalue weighted by atomic mass is 9.57. The lowest BCUT2D eigenvalue weighted by Gasteiger charge is -2.62. The maximum absolute atomic E-state index is 5.56. The van der Waals surface area contributed by atoms with Crippen LogP contribution in [-0.4, -0.2) is 8.94 Å². The summed E-state index contributed by atoms with van der Waals surface area (Å²) in [4.78, 5) is 0. The van der Waals surface area contributed by atoms with Gasteiger partial charge in [-0.2, -0.15) is 0 Å². The molecule has 0 aromatic carbocycles. The van der Waals surface area contributed by atoms with Gasteiger partial charge in [0.2, 0.25) is 0 Å². The molecule has 0 aromatic rings. The van der Waals surface area contributed by atoms with Crippen LogP contribution < -0.4 is 0 Å². The van der Waals surface area contributed by atoms with E-state index in [-0.39, 0.29) is 4.75 Å². The quantitative estimate of drug-likeness (QED) is 0.450. The van der Waals surface area contributed by atoms with Gasteiger partial charge in [-0.3, -0.25) is 0 Å². The number of hydrogen-bond acceptors (Lipinski definition) is 3. The van der Waals surface area contributed by atoms with E-state index in [1.807, 2.05) is 21.6 Å². The molecule has 2 aliphatic rings. The molecule has 0 radical (unpaired) electrons. The highest BCUT2D eigenvalue weighted by molar-refractivity contribution is 8.89. The number of rotatable bonds is 0. The van der Waals surface area contributed by atoms with Crippen molar-refractivity contribution in [2.75, 3.05) is 0 Å². The molecule has 1 saturated carbocycles. The van der Waals surface area contributed by atoms with Crippen molar-refractivity contribution < 1.29 is 0 Å². The maximum atomic E-state index is 5.56. The van der Waals surface area contributed by atoms with Gasteiger partial charge in [0.05, 0.1) is 8.94 Å². The molecule has 1 spiro atoms. The van der Waals surface area contributed by atoms with E-state index in [1.165, 1.54) is 23.5 Å². The normalized spacial score (nSPS) is 32.7. The van der Waals surface area contributed by atoms with Crippen molar-refractivity contribution in [3.8, 4) is 0 Å². The third-order valence-electron chi connectivity index (χ3n) is 4.04. The second-order valence-electron chi connectivity index (χ2n) is 5.76. The standard InChI is InChI=1S/C11H18S3/c1-9(2)6-5-7-10(3,4)11(9)8(12)13-14-11/h5-7H2,1-4H3. The van der Waals surface area contributed by atoms with Crippen LogP contribution in [0.15, 0.2) is 0 Å². The monoisotopic (exact) mass is 246 g/mol. The predicted octanol–water partition coefficient (Wildman–Crippen LogP) is 4.68. The van der Waals surface area contributed by atoms with E-state index in [0.29, 0.717) is 10.8 Å². The van der Waals surface area contributed by atoms with Crippen LogP contribution in [0.2, 0.25) is 0 Å². The van der Waals surface area contributed by atoms with E-state index in [1.54, 1.807) is 0 Å². The lowest BCUT2D eigenvalue weighted by molar-refractivity contribution is 0.0951. The molecule has 0 atom stereocenters. The zero-order chi connectivity index (χ0) is 10.6. The largest absolute Gasteiger partial charge is 0.0786 e. The zero-order valence-electron chi connectivity index (χ0n) is 9.35. The topological polar surface area (TPSA) is 0 Å². The van der Waals surface area contributed by atoms with Crippen molar-refractivity contribution in [2.24, 2.45) is 10.8 Å². The van der Waals surface area contributed by atoms with Crippen LogP contribution in [0.1, 0.15) is 47.0 Å². The van der Waals surface area contributed by atoms with Gasteiger partial charge in [0.1, 0.15) is 0 Å². The summed E-state index contributed by atoms with van der Waals surface area (Å²) < 4.78 is 1.51. The van der Waals surface area contributed by atoms with Crippen molar-refractivity contribution in [3.05, 3.63) is 0 Å². The molecule has 0 aromatic heterocycles. The van der Waals surface area contributed by atoms with E-state index >= 15 is 0 Å². The van der Waals surface area contributed by atoms with E-state index in [2.05, 4.69) is 27.7 Å². The van der Waals surface area contributed by atoms with Crippen LogP contribution in [0, 0.1) is 10.8 Å². The van der Waals surface area contributed by atoms with Crippen molar-refractivity contribution in [3.63, 3.8) is 0 Å².